The number of ether oxygens (including phenoxy) is 1. The second kappa shape index (κ2) is 8.37. The minimum atomic E-state index is -0.923. The molecule has 1 unspecified atom stereocenters. The van der Waals surface area contributed by atoms with Gasteiger partial charge in [0.25, 0.3) is 5.91 Å². The molecule has 0 aliphatic carbocycles. The summed E-state index contributed by atoms with van der Waals surface area (Å²) in [5.74, 6) is -2.39. The minimum absolute atomic E-state index is 0.0167. The van der Waals surface area contributed by atoms with Crippen molar-refractivity contribution in [1.82, 2.24) is 10.3 Å². The monoisotopic (exact) mass is 378 g/mol. The van der Waals surface area contributed by atoms with Gasteiger partial charge in [-0.15, -0.1) is 11.3 Å². The van der Waals surface area contributed by atoms with Crippen molar-refractivity contribution in [1.29, 1.82) is 0 Å². The van der Waals surface area contributed by atoms with Gasteiger partial charge in [0, 0.05) is 25.3 Å². The highest BCUT2D eigenvalue weighted by atomic mass is 32.1. The molecule has 138 valence electrons. The van der Waals surface area contributed by atoms with Crippen LogP contribution in [0.3, 0.4) is 0 Å². The second-order valence-electron chi connectivity index (χ2n) is 6.11. The molecule has 26 heavy (non-hydrogen) atoms. The van der Waals surface area contributed by atoms with Crippen LogP contribution in [0.25, 0.3) is 10.6 Å². The molecule has 2 heterocycles. The average Bonchev–Trinajstić information content (AvgIpc) is 3.13. The van der Waals surface area contributed by atoms with E-state index in [0.717, 1.165) is 11.3 Å². The number of hydrogen-bond acceptors (Lipinski definition) is 5. The number of aromatic nitrogens is 1. The maximum absolute atomic E-state index is 13.8. The Bertz CT molecular complexity index is 789. The van der Waals surface area contributed by atoms with Gasteiger partial charge in [0.05, 0.1) is 12.1 Å². The second-order valence-corrected chi connectivity index (χ2v) is 7.14. The first-order chi connectivity index (χ1) is 12.6. The van der Waals surface area contributed by atoms with Gasteiger partial charge >= 0.3 is 5.97 Å². The first-order valence-electron chi connectivity index (χ1n) is 8.35. The lowest BCUT2D eigenvalue weighted by molar-refractivity contribution is -0.144. The van der Waals surface area contributed by atoms with Crippen molar-refractivity contribution in [3.8, 4) is 10.6 Å². The van der Waals surface area contributed by atoms with Crippen LogP contribution in [0.2, 0.25) is 0 Å². The van der Waals surface area contributed by atoms with Gasteiger partial charge in [-0.1, -0.05) is 12.1 Å². The van der Waals surface area contributed by atoms with Crippen molar-refractivity contribution in [2.45, 2.75) is 12.8 Å². The lowest BCUT2D eigenvalue weighted by atomic mass is 9.86. The Morgan fingerprint density at radius 3 is 2.77 bits per heavy atom. The van der Waals surface area contributed by atoms with Crippen LogP contribution in [0.4, 0.5) is 4.39 Å². The third-order valence-corrected chi connectivity index (χ3v) is 5.50. The van der Waals surface area contributed by atoms with Crippen LogP contribution in [0, 0.1) is 17.7 Å². The molecule has 8 heteroatoms. The molecule has 1 aromatic heterocycles. The fraction of sp³-hybridized carbons (Fsp3) is 0.389. The Labute approximate surface area is 154 Å². The standard InChI is InChI=1S/C18H19FN2O4S/c19-14-4-2-1-3-12(14)17-21-10-15(26-17)16(22)20-9-13(18(23)24)11-5-7-25-8-6-11/h1-4,10-11,13H,5-9H2,(H,20,22)(H,23,24). The summed E-state index contributed by atoms with van der Waals surface area (Å²) in [6, 6.07) is 6.22. The molecule has 1 amide bonds. The van der Waals surface area contributed by atoms with Crippen molar-refractivity contribution >= 4 is 23.2 Å². The number of thiazole rings is 1. The van der Waals surface area contributed by atoms with Crippen LogP contribution < -0.4 is 5.32 Å². The van der Waals surface area contributed by atoms with E-state index < -0.39 is 23.6 Å². The molecule has 1 aromatic carbocycles. The van der Waals surface area contributed by atoms with E-state index in [4.69, 9.17) is 4.74 Å². The molecular weight excluding hydrogens is 359 g/mol. The molecule has 0 radical (unpaired) electrons. The third kappa shape index (κ3) is 4.25. The number of nitrogens with zero attached hydrogens (tertiary/aromatic N) is 1. The quantitative estimate of drug-likeness (QED) is 0.807. The fourth-order valence-corrected chi connectivity index (χ4v) is 3.86. The Morgan fingerprint density at radius 1 is 1.35 bits per heavy atom. The topological polar surface area (TPSA) is 88.5 Å². The van der Waals surface area contributed by atoms with E-state index in [1.807, 2.05) is 0 Å². The zero-order valence-electron chi connectivity index (χ0n) is 14.0. The maximum Gasteiger partial charge on any atom is 0.308 e. The Kier molecular flexibility index (Phi) is 5.95. The summed E-state index contributed by atoms with van der Waals surface area (Å²) in [7, 11) is 0. The number of rotatable bonds is 6. The molecule has 3 rings (SSSR count). The van der Waals surface area contributed by atoms with Gasteiger partial charge in [0.1, 0.15) is 15.7 Å². The summed E-state index contributed by atoms with van der Waals surface area (Å²) in [6.45, 7) is 1.14. The molecular formula is C18H19FN2O4S. The van der Waals surface area contributed by atoms with E-state index in [-0.39, 0.29) is 12.5 Å². The third-order valence-electron chi connectivity index (χ3n) is 4.47. The predicted octanol–water partition coefficient (Wildman–Crippen LogP) is 2.81. The van der Waals surface area contributed by atoms with Crippen molar-refractivity contribution < 1.29 is 23.8 Å². The van der Waals surface area contributed by atoms with E-state index in [1.54, 1.807) is 18.2 Å². The van der Waals surface area contributed by atoms with Gasteiger partial charge in [0.2, 0.25) is 0 Å². The molecule has 1 fully saturated rings. The van der Waals surface area contributed by atoms with E-state index >= 15 is 0 Å². The van der Waals surface area contributed by atoms with E-state index in [2.05, 4.69) is 10.3 Å². The van der Waals surface area contributed by atoms with Crippen LogP contribution in [0.1, 0.15) is 22.5 Å². The number of carboxylic acid groups (broad SMARTS) is 1. The summed E-state index contributed by atoms with van der Waals surface area (Å²) in [5.41, 5.74) is 0.335. The van der Waals surface area contributed by atoms with Crippen LogP contribution in [-0.2, 0) is 9.53 Å². The minimum Gasteiger partial charge on any atom is -0.481 e. The molecule has 1 aliphatic rings. The molecule has 1 atom stereocenters. The van der Waals surface area contributed by atoms with Crippen molar-refractivity contribution in [2.75, 3.05) is 19.8 Å². The Hall–Kier alpha value is -2.32. The average molecular weight is 378 g/mol. The first kappa shape index (κ1) is 18.5. The van der Waals surface area contributed by atoms with Crippen LogP contribution in [-0.4, -0.2) is 41.7 Å². The normalized spacial score (nSPS) is 16.2. The van der Waals surface area contributed by atoms with Crippen molar-refractivity contribution in [2.24, 2.45) is 11.8 Å². The molecule has 0 bridgehead atoms. The van der Waals surface area contributed by atoms with Crippen LogP contribution in [0.5, 0.6) is 0 Å². The molecule has 1 saturated heterocycles. The summed E-state index contributed by atoms with van der Waals surface area (Å²) in [5, 5.41) is 12.5. The first-order valence-corrected chi connectivity index (χ1v) is 9.17. The summed E-state index contributed by atoms with van der Waals surface area (Å²) in [4.78, 5) is 28.3. The number of halogens is 1. The molecule has 0 spiro atoms. The molecule has 6 nitrogen and oxygen atoms in total. The highest BCUT2D eigenvalue weighted by molar-refractivity contribution is 7.16. The highest BCUT2D eigenvalue weighted by Gasteiger charge is 2.30. The smallest absolute Gasteiger partial charge is 0.308 e. The lowest BCUT2D eigenvalue weighted by Gasteiger charge is -2.27. The van der Waals surface area contributed by atoms with Gasteiger partial charge in [-0.25, -0.2) is 9.37 Å². The lowest BCUT2D eigenvalue weighted by Crippen LogP contribution is -2.38. The molecule has 0 saturated carbocycles. The zero-order chi connectivity index (χ0) is 18.5. The van der Waals surface area contributed by atoms with E-state index in [9.17, 15) is 19.1 Å². The number of amides is 1. The number of nitrogens with one attached hydrogen (secondary N) is 1. The maximum atomic E-state index is 13.8. The largest absolute Gasteiger partial charge is 0.481 e. The van der Waals surface area contributed by atoms with Crippen molar-refractivity contribution in [3.05, 3.63) is 41.2 Å². The number of carboxylic acids is 1. The summed E-state index contributed by atoms with van der Waals surface area (Å²) < 4.78 is 19.1. The van der Waals surface area contributed by atoms with Gasteiger partial charge in [-0.05, 0) is 30.9 Å². The Balaban J connectivity index is 1.64. The van der Waals surface area contributed by atoms with Gasteiger partial charge in [-0.3, -0.25) is 9.59 Å². The molecule has 1 aliphatic heterocycles. The van der Waals surface area contributed by atoms with Crippen molar-refractivity contribution in [3.63, 3.8) is 0 Å². The van der Waals surface area contributed by atoms with Crippen LogP contribution in [0.15, 0.2) is 30.5 Å². The van der Waals surface area contributed by atoms with Gasteiger partial charge < -0.3 is 15.2 Å². The fourth-order valence-electron chi connectivity index (χ4n) is 3.00. The summed E-state index contributed by atoms with van der Waals surface area (Å²) in [6.07, 6.45) is 2.72. The van der Waals surface area contributed by atoms with Gasteiger partial charge in [0.15, 0.2) is 0 Å². The molecule has 2 aromatic rings. The highest BCUT2D eigenvalue weighted by Crippen LogP contribution is 2.28. The number of carbonyl (C=O) groups is 2. The van der Waals surface area contributed by atoms with E-state index in [0.29, 0.717) is 41.5 Å². The molecule has 2 N–H and O–H groups in total. The number of hydrogen-bond donors (Lipinski definition) is 2. The van der Waals surface area contributed by atoms with Crippen LogP contribution >= 0.6 is 11.3 Å². The zero-order valence-corrected chi connectivity index (χ0v) is 14.8. The SMILES string of the molecule is O=C(NCC(C(=O)O)C1CCOCC1)c1cnc(-c2ccccc2F)s1. The van der Waals surface area contributed by atoms with E-state index in [1.165, 1.54) is 12.3 Å². The number of benzene rings is 1. The predicted molar refractivity (Wildman–Crippen MR) is 94.5 cm³/mol. The summed E-state index contributed by atoms with van der Waals surface area (Å²) >= 11 is 1.07. The number of carbonyl (C=O) groups excluding carboxylic acids is 1. The number of aliphatic carboxylic acids is 1. The van der Waals surface area contributed by atoms with Gasteiger partial charge in [-0.2, -0.15) is 0 Å². The Morgan fingerprint density at radius 2 is 2.08 bits per heavy atom.